The van der Waals surface area contributed by atoms with E-state index in [4.69, 9.17) is 0 Å². The predicted octanol–water partition coefficient (Wildman–Crippen LogP) is 19.0. The van der Waals surface area contributed by atoms with E-state index in [1.807, 2.05) is 0 Å². The fraction of sp³-hybridized carbons (Fsp3) is 0.164. The standard InChI is InChI=1S/C67H59N/c1-65(2,3)48-41-47(42-49(43-48)66(4,5)6)51-33-19-26-46-28-21-35-55(63(46)51)53-30-14-17-39-60(53)68(61-40-22-37-58-64(61)56-31-12-15-36-57(56)67(58,7)8)59-38-16-13-29-52(59)54-34-20-27-45-25-18-32-50(62(45)54)44-23-10-9-11-24-44/h9-43H,1-8H3. The minimum atomic E-state index is -0.176. The van der Waals surface area contributed by atoms with E-state index in [2.05, 4.69) is 273 Å². The highest BCUT2D eigenvalue weighted by atomic mass is 15.2. The van der Waals surface area contributed by atoms with Gasteiger partial charge in [0.15, 0.2) is 0 Å². The van der Waals surface area contributed by atoms with Crippen molar-refractivity contribution in [3.63, 3.8) is 0 Å². The lowest BCUT2D eigenvalue weighted by atomic mass is 9.78. The number of para-hydroxylation sites is 2. The zero-order valence-corrected chi connectivity index (χ0v) is 40.7. The van der Waals surface area contributed by atoms with E-state index in [0.29, 0.717) is 0 Å². The van der Waals surface area contributed by atoms with E-state index in [1.54, 1.807) is 0 Å². The summed E-state index contributed by atoms with van der Waals surface area (Å²) in [5, 5.41) is 4.95. The van der Waals surface area contributed by atoms with Gasteiger partial charge in [-0.15, -0.1) is 0 Å². The summed E-state index contributed by atoms with van der Waals surface area (Å²) in [6.07, 6.45) is 0. The SMILES string of the molecule is CC(C)(C)c1cc(-c2cccc3cccc(-c4ccccc4N(c4ccccc4-c4cccc5cccc(-c6ccccc6)c45)c4cccc5c4-c4ccccc4C5(C)C)c23)cc(C(C)(C)C)c1. The Balaban J connectivity index is 1.22. The van der Waals surface area contributed by atoms with Gasteiger partial charge in [-0.1, -0.05) is 250 Å². The first kappa shape index (κ1) is 43.1. The van der Waals surface area contributed by atoms with Gasteiger partial charge in [-0.05, 0) is 112 Å². The monoisotopic (exact) mass is 877 g/mol. The van der Waals surface area contributed by atoms with E-state index in [9.17, 15) is 0 Å². The topological polar surface area (TPSA) is 3.24 Å². The molecule has 10 aromatic carbocycles. The van der Waals surface area contributed by atoms with Crippen LogP contribution in [0.2, 0.25) is 0 Å². The second-order valence-corrected chi connectivity index (χ2v) is 21.3. The molecule has 0 bridgehead atoms. The Hall–Kier alpha value is -7.48. The van der Waals surface area contributed by atoms with Crippen molar-refractivity contribution in [1.29, 1.82) is 0 Å². The van der Waals surface area contributed by atoms with Crippen molar-refractivity contribution in [2.75, 3.05) is 4.90 Å². The Morgan fingerprint density at radius 2 is 0.721 bits per heavy atom. The smallest absolute Gasteiger partial charge is 0.0543 e. The molecule has 0 fully saturated rings. The van der Waals surface area contributed by atoms with Crippen LogP contribution in [-0.4, -0.2) is 0 Å². The third-order valence-corrected chi connectivity index (χ3v) is 14.6. The van der Waals surface area contributed by atoms with Gasteiger partial charge in [0.25, 0.3) is 0 Å². The zero-order valence-electron chi connectivity index (χ0n) is 40.7. The molecule has 10 aromatic rings. The second kappa shape index (κ2) is 16.4. The number of rotatable bonds is 7. The molecule has 332 valence electrons. The van der Waals surface area contributed by atoms with Gasteiger partial charge in [0, 0.05) is 22.1 Å². The molecule has 0 saturated carbocycles. The maximum atomic E-state index is 2.59. The lowest BCUT2D eigenvalue weighted by Gasteiger charge is -2.32. The van der Waals surface area contributed by atoms with Crippen molar-refractivity contribution < 1.29 is 0 Å². The summed E-state index contributed by atoms with van der Waals surface area (Å²) in [4.78, 5) is 2.59. The third kappa shape index (κ3) is 7.24. The first-order valence-corrected chi connectivity index (χ1v) is 24.3. The molecule has 0 saturated heterocycles. The van der Waals surface area contributed by atoms with Gasteiger partial charge < -0.3 is 4.90 Å². The molecule has 1 heteroatoms. The molecule has 0 unspecified atom stereocenters. The van der Waals surface area contributed by atoms with Crippen molar-refractivity contribution in [1.82, 2.24) is 0 Å². The summed E-state index contributed by atoms with van der Waals surface area (Å²) in [7, 11) is 0. The van der Waals surface area contributed by atoms with Crippen molar-refractivity contribution >= 4 is 38.6 Å². The first-order valence-electron chi connectivity index (χ1n) is 24.3. The molecule has 0 aliphatic heterocycles. The van der Waals surface area contributed by atoms with Gasteiger partial charge >= 0.3 is 0 Å². The number of nitrogens with zero attached hydrogens (tertiary/aromatic N) is 1. The summed E-state index contributed by atoms with van der Waals surface area (Å²) < 4.78 is 0. The highest BCUT2D eigenvalue weighted by Crippen LogP contribution is 2.56. The van der Waals surface area contributed by atoms with Crippen LogP contribution in [-0.2, 0) is 16.2 Å². The summed E-state index contributed by atoms with van der Waals surface area (Å²) in [5.74, 6) is 0. The Labute approximate surface area is 403 Å². The van der Waals surface area contributed by atoms with Gasteiger partial charge in [0.1, 0.15) is 0 Å². The van der Waals surface area contributed by atoms with Gasteiger partial charge in [-0.3, -0.25) is 0 Å². The van der Waals surface area contributed by atoms with Crippen LogP contribution in [0.25, 0.3) is 77.2 Å². The molecule has 0 amide bonds. The van der Waals surface area contributed by atoms with Crippen LogP contribution in [0, 0.1) is 0 Å². The maximum Gasteiger partial charge on any atom is 0.0543 e. The average Bonchev–Trinajstić information content (AvgIpc) is 3.59. The molecule has 1 aliphatic rings. The van der Waals surface area contributed by atoms with Crippen molar-refractivity contribution in [2.24, 2.45) is 0 Å². The van der Waals surface area contributed by atoms with E-state index < -0.39 is 0 Å². The Morgan fingerprint density at radius 1 is 0.324 bits per heavy atom. The van der Waals surface area contributed by atoms with Gasteiger partial charge in [-0.2, -0.15) is 0 Å². The molecule has 11 rings (SSSR count). The Kier molecular flexibility index (Phi) is 10.4. The molecule has 0 radical (unpaired) electrons. The molecule has 1 nitrogen and oxygen atoms in total. The normalized spacial score (nSPS) is 13.1. The van der Waals surface area contributed by atoms with Crippen LogP contribution in [0.1, 0.15) is 77.6 Å². The lowest BCUT2D eigenvalue weighted by Crippen LogP contribution is -2.16. The Morgan fingerprint density at radius 3 is 1.25 bits per heavy atom. The molecule has 1 aliphatic carbocycles. The largest absolute Gasteiger partial charge is 0.309 e. The molecule has 0 N–H and O–H groups in total. The number of hydrogen-bond donors (Lipinski definition) is 0. The van der Waals surface area contributed by atoms with Crippen molar-refractivity contribution in [3.05, 3.63) is 235 Å². The van der Waals surface area contributed by atoms with Crippen molar-refractivity contribution in [3.8, 4) is 55.6 Å². The highest BCUT2D eigenvalue weighted by Gasteiger charge is 2.38. The van der Waals surface area contributed by atoms with Gasteiger partial charge in [0.2, 0.25) is 0 Å². The summed E-state index contributed by atoms with van der Waals surface area (Å²) in [6, 6.07) is 79.6. The summed E-state index contributed by atoms with van der Waals surface area (Å²) in [6.45, 7) is 18.7. The molecular formula is C67H59N. The predicted molar refractivity (Wildman–Crippen MR) is 293 cm³/mol. The Bertz CT molecular complexity index is 3510. The van der Waals surface area contributed by atoms with Crippen LogP contribution < -0.4 is 4.90 Å². The first-order chi connectivity index (χ1) is 32.8. The number of anilines is 3. The van der Waals surface area contributed by atoms with Crippen LogP contribution >= 0.6 is 0 Å². The van der Waals surface area contributed by atoms with Crippen LogP contribution in [0.4, 0.5) is 17.1 Å². The molecule has 0 spiro atoms. The minimum absolute atomic E-state index is 0.0149. The fourth-order valence-corrected chi connectivity index (χ4v) is 11.0. The molecule has 0 aromatic heterocycles. The van der Waals surface area contributed by atoms with Crippen LogP contribution in [0.15, 0.2) is 212 Å². The van der Waals surface area contributed by atoms with E-state index in [0.717, 1.165) is 17.1 Å². The van der Waals surface area contributed by atoms with Gasteiger partial charge in [-0.25, -0.2) is 0 Å². The van der Waals surface area contributed by atoms with Crippen LogP contribution in [0.3, 0.4) is 0 Å². The lowest BCUT2D eigenvalue weighted by molar-refractivity contribution is 0.569. The summed E-state index contributed by atoms with van der Waals surface area (Å²) >= 11 is 0. The zero-order chi connectivity index (χ0) is 47.0. The van der Waals surface area contributed by atoms with Crippen LogP contribution in [0.5, 0.6) is 0 Å². The minimum Gasteiger partial charge on any atom is -0.309 e. The molecular weight excluding hydrogens is 819 g/mol. The number of fused-ring (bicyclic) bond motifs is 5. The maximum absolute atomic E-state index is 2.59. The average molecular weight is 878 g/mol. The van der Waals surface area contributed by atoms with Crippen molar-refractivity contribution in [2.45, 2.75) is 71.6 Å². The molecule has 0 atom stereocenters. The van der Waals surface area contributed by atoms with Gasteiger partial charge in [0.05, 0.1) is 17.1 Å². The van der Waals surface area contributed by atoms with E-state index in [-0.39, 0.29) is 16.2 Å². The molecule has 0 heterocycles. The second-order valence-electron chi connectivity index (χ2n) is 21.3. The molecule has 68 heavy (non-hydrogen) atoms. The van der Waals surface area contributed by atoms with E-state index in [1.165, 1.54) is 99.4 Å². The highest BCUT2D eigenvalue weighted by molar-refractivity contribution is 6.12. The third-order valence-electron chi connectivity index (χ3n) is 14.6. The number of benzene rings is 10. The number of hydrogen-bond acceptors (Lipinski definition) is 1. The van der Waals surface area contributed by atoms with E-state index >= 15 is 0 Å². The quantitative estimate of drug-likeness (QED) is 0.154. The fourth-order valence-electron chi connectivity index (χ4n) is 11.0. The summed E-state index contributed by atoms with van der Waals surface area (Å²) in [5.41, 5.74) is 20.9.